The molecule has 31 heavy (non-hydrogen) atoms. The molecule has 0 unspecified atom stereocenters. The predicted octanol–water partition coefficient (Wildman–Crippen LogP) is 4.74. The molecule has 0 spiro atoms. The first-order valence-corrected chi connectivity index (χ1v) is 10.8. The summed E-state index contributed by atoms with van der Waals surface area (Å²) in [4.78, 5) is 39.2. The highest BCUT2D eigenvalue weighted by molar-refractivity contribution is 7.11. The molecule has 162 valence electrons. The van der Waals surface area contributed by atoms with E-state index in [2.05, 4.69) is 0 Å². The van der Waals surface area contributed by atoms with Crippen LogP contribution in [0.15, 0.2) is 48.0 Å². The van der Waals surface area contributed by atoms with Crippen molar-refractivity contribution in [2.24, 2.45) is 0 Å². The number of para-hydroxylation sites is 1. The molecule has 0 saturated carbocycles. The van der Waals surface area contributed by atoms with Crippen LogP contribution in [0.3, 0.4) is 0 Å². The van der Waals surface area contributed by atoms with E-state index in [9.17, 15) is 14.4 Å². The van der Waals surface area contributed by atoms with E-state index < -0.39 is 18.0 Å². The SMILES string of the molecule is CCOC(=O)/C(=C(\C(=O)OCC)c1cn(C(=O)OCC)c2ccccc12)c1cccs1. The minimum absolute atomic E-state index is 0.0435. The van der Waals surface area contributed by atoms with Crippen molar-refractivity contribution in [3.63, 3.8) is 0 Å². The molecule has 0 atom stereocenters. The molecule has 3 aromatic rings. The summed E-state index contributed by atoms with van der Waals surface area (Å²) in [5, 5.41) is 2.41. The lowest BCUT2D eigenvalue weighted by Crippen LogP contribution is -2.15. The van der Waals surface area contributed by atoms with Gasteiger partial charge in [0.2, 0.25) is 0 Å². The molecule has 0 saturated heterocycles. The fourth-order valence-corrected chi connectivity index (χ4v) is 3.99. The molecular formula is C23H23NO6S. The summed E-state index contributed by atoms with van der Waals surface area (Å²) in [6.07, 6.45) is 0.920. The van der Waals surface area contributed by atoms with Gasteiger partial charge in [-0.25, -0.2) is 14.4 Å². The molecule has 0 N–H and O–H groups in total. The standard InChI is InChI=1S/C23H23NO6S/c1-4-28-21(25)19(20(22(26)29-5-2)18-12-9-13-31-18)16-14-24(23(27)30-6-3)17-11-8-7-10-15(16)17/h7-14H,4-6H2,1-3H3/b20-19-. The normalized spacial score (nSPS) is 11.7. The first-order chi connectivity index (χ1) is 15.0. The molecule has 0 aliphatic carbocycles. The fraction of sp³-hybridized carbons (Fsp3) is 0.261. The highest BCUT2D eigenvalue weighted by atomic mass is 32.1. The molecule has 3 rings (SSSR count). The van der Waals surface area contributed by atoms with Crippen LogP contribution in [-0.2, 0) is 23.8 Å². The van der Waals surface area contributed by atoms with Crippen molar-refractivity contribution in [1.29, 1.82) is 0 Å². The average molecular weight is 442 g/mol. The largest absolute Gasteiger partial charge is 0.462 e. The van der Waals surface area contributed by atoms with Gasteiger partial charge >= 0.3 is 18.0 Å². The molecule has 0 aliphatic heterocycles. The fourth-order valence-electron chi connectivity index (χ4n) is 3.22. The molecule has 0 radical (unpaired) electrons. The lowest BCUT2D eigenvalue weighted by molar-refractivity contribution is -0.138. The number of fused-ring (bicyclic) bond motifs is 1. The predicted molar refractivity (Wildman–Crippen MR) is 119 cm³/mol. The van der Waals surface area contributed by atoms with Gasteiger partial charge in [0.25, 0.3) is 0 Å². The topological polar surface area (TPSA) is 83.8 Å². The number of ether oxygens (including phenoxy) is 3. The maximum atomic E-state index is 13.1. The molecule has 8 heteroatoms. The van der Waals surface area contributed by atoms with Crippen LogP contribution in [-0.4, -0.2) is 42.4 Å². The van der Waals surface area contributed by atoms with E-state index in [4.69, 9.17) is 14.2 Å². The zero-order valence-corrected chi connectivity index (χ0v) is 18.4. The van der Waals surface area contributed by atoms with Gasteiger partial charge < -0.3 is 14.2 Å². The van der Waals surface area contributed by atoms with Crippen molar-refractivity contribution >= 4 is 51.4 Å². The number of esters is 2. The summed E-state index contributed by atoms with van der Waals surface area (Å²) in [5.41, 5.74) is 1.08. The molecule has 2 heterocycles. The Bertz CT molecular complexity index is 1130. The Morgan fingerprint density at radius 1 is 0.839 bits per heavy atom. The van der Waals surface area contributed by atoms with Gasteiger partial charge in [-0.1, -0.05) is 24.3 Å². The zero-order chi connectivity index (χ0) is 22.4. The van der Waals surface area contributed by atoms with Gasteiger partial charge in [0.05, 0.1) is 36.5 Å². The number of carbonyl (C=O) groups is 3. The van der Waals surface area contributed by atoms with Crippen LogP contribution in [0.25, 0.3) is 22.0 Å². The summed E-state index contributed by atoms with van der Waals surface area (Å²) >= 11 is 1.31. The maximum absolute atomic E-state index is 13.1. The second-order valence-corrected chi connectivity index (χ2v) is 7.24. The Labute approximate surface area is 183 Å². The van der Waals surface area contributed by atoms with Gasteiger partial charge in [-0.05, 0) is 38.3 Å². The van der Waals surface area contributed by atoms with Crippen LogP contribution in [0, 0.1) is 0 Å². The quantitative estimate of drug-likeness (QED) is 0.299. The third kappa shape index (κ3) is 4.54. The minimum atomic E-state index is -0.675. The van der Waals surface area contributed by atoms with Crippen LogP contribution in [0.2, 0.25) is 0 Å². The van der Waals surface area contributed by atoms with E-state index in [1.165, 1.54) is 22.1 Å². The minimum Gasteiger partial charge on any atom is -0.462 e. The lowest BCUT2D eigenvalue weighted by atomic mass is 9.98. The highest BCUT2D eigenvalue weighted by Gasteiger charge is 2.30. The van der Waals surface area contributed by atoms with Gasteiger partial charge in [0, 0.05) is 22.0 Å². The van der Waals surface area contributed by atoms with Gasteiger partial charge in [-0.3, -0.25) is 4.57 Å². The lowest BCUT2D eigenvalue weighted by Gasteiger charge is -2.13. The number of aromatic nitrogens is 1. The highest BCUT2D eigenvalue weighted by Crippen LogP contribution is 2.36. The number of carbonyl (C=O) groups excluding carboxylic acids is 3. The monoisotopic (exact) mass is 441 g/mol. The van der Waals surface area contributed by atoms with Crippen LogP contribution in [0.4, 0.5) is 4.79 Å². The molecule has 0 fully saturated rings. The van der Waals surface area contributed by atoms with Crippen LogP contribution in [0.1, 0.15) is 31.2 Å². The Morgan fingerprint density at radius 2 is 1.48 bits per heavy atom. The Kier molecular flexibility index (Phi) is 7.25. The number of thiophene rings is 1. The first kappa shape index (κ1) is 22.3. The molecule has 0 aliphatic rings. The second-order valence-electron chi connectivity index (χ2n) is 6.30. The van der Waals surface area contributed by atoms with E-state index in [1.807, 2.05) is 0 Å². The molecule has 1 aromatic carbocycles. The van der Waals surface area contributed by atoms with Crippen molar-refractivity contribution in [3.8, 4) is 0 Å². The second kappa shape index (κ2) is 10.1. The smallest absolute Gasteiger partial charge is 0.418 e. The number of rotatable bonds is 7. The Hall–Kier alpha value is -3.39. The van der Waals surface area contributed by atoms with E-state index in [1.54, 1.807) is 62.5 Å². The number of nitrogens with zero attached hydrogens (tertiary/aromatic N) is 1. The average Bonchev–Trinajstić information content (AvgIpc) is 3.40. The first-order valence-electron chi connectivity index (χ1n) is 9.93. The van der Waals surface area contributed by atoms with Gasteiger partial charge in [-0.15, -0.1) is 11.3 Å². The maximum Gasteiger partial charge on any atom is 0.418 e. The molecule has 0 bridgehead atoms. The van der Waals surface area contributed by atoms with Gasteiger partial charge in [0.15, 0.2) is 0 Å². The van der Waals surface area contributed by atoms with Crippen molar-refractivity contribution in [2.45, 2.75) is 20.8 Å². The number of hydrogen-bond acceptors (Lipinski definition) is 7. The van der Waals surface area contributed by atoms with Crippen molar-refractivity contribution in [2.75, 3.05) is 19.8 Å². The van der Waals surface area contributed by atoms with Crippen molar-refractivity contribution in [3.05, 3.63) is 58.4 Å². The summed E-state index contributed by atoms with van der Waals surface area (Å²) in [6, 6.07) is 10.6. The van der Waals surface area contributed by atoms with Crippen molar-refractivity contribution in [1.82, 2.24) is 4.57 Å². The molecule has 7 nitrogen and oxygen atoms in total. The number of benzene rings is 1. The van der Waals surface area contributed by atoms with Gasteiger partial charge in [-0.2, -0.15) is 0 Å². The molecule has 2 aromatic heterocycles. The van der Waals surface area contributed by atoms with E-state index in [0.717, 1.165) is 0 Å². The third-order valence-corrected chi connectivity index (χ3v) is 5.31. The number of hydrogen-bond donors (Lipinski definition) is 0. The van der Waals surface area contributed by atoms with Crippen LogP contribution >= 0.6 is 11.3 Å². The molecule has 0 amide bonds. The van der Waals surface area contributed by atoms with Crippen LogP contribution < -0.4 is 0 Å². The van der Waals surface area contributed by atoms with E-state index in [-0.39, 0.29) is 31.0 Å². The summed E-state index contributed by atoms with van der Waals surface area (Å²) in [5.74, 6) is -1.31. The van der Waals surface area contributed by atoms with E-state index >= 15 is 0 Å². The van der Waals surface area contributed by atoms with Gasteiger partial charge in [0.1, 0.15) is 0 Å². The summed E-state index contributed by atoms with van der Waals surface area (Å²) in [7, 11) is 0. The third-order valence-electron chi connectivity index (χ3n) is 4.42. The Morgan fingerprint density at radius 3 is 2.10 bits per heavy atom. The van der Waals surface area contributed by atoms with E-state index in [0.29, 0.717) is 21.3 Å². The van der Waals surface area contributed by atoms with Crippen molar-refractivity contribution < 1.29 is 28.6 Å². The zero-order valence-electron chi connectivity index (χ0n) is 17.5. The molecular weight excluding hydrogens is 418 g/mol. The Balaban J connectivity index is 2.37. The summed E-state index contributed by atoms with van der Waals surface area (Å²) < 4.78 is 17.1. The summed E-state index contributed by atoms with van der Waals surface area (Å²) in [6.45, 7) is 5.57. The van der Waals surface area contributed by atoms with Crippen LogP contribution in [0.5, 0.6) is 0 Å².